The summed E-state index contributed by atoms with van der Waals surface area (Å²) in [5.41, 5.74) is 0.744. The van der Waals surface area contributed by atoms with Crippen LogP contribution in [0.25, 0.3) is 11.1 Å². The van der Waals surface area contributed by atoms with Crippen LogP contribution in [-0.4, -0.2) is 15.5 Å². The predicted molar refractivity (Wildman–Crippen MR) is 135 cm³/mol. The van der Waals surface area contributed by atoms with Crippen molar-refractivity contribution in [3.63, 3.8) is 0 Å². The lowest BCUT2D eigenvalue weighted by Crippen LogP contribution is -2.30. The average molecular weight is 539 g/mol. The highest BCUT2D eigenvalue weighted by Crippen LogP contribution is 2.42. The number of nitrogens with zero attached hydrogens (tertiary/aromatic N) is 2. The van der Waals surface area contributed by atoms with E-state index in [0.717, 1.165) is 24.6 Å². The highest BCUT2D eigenvalue weighted by atomic mass is 19.4. The molecule has 1 aliphatic rings. The molecule has 1 atom stereocenters. The first-order chi connectivity index (χ1) is 18.5. The molecule has 2 N–H and O–H groups in total. The van der Waals surface area contributed by atoms with E-state index >= 15 is 0 Å². The minimum Gasteiger partial charge on any atom is -0.429 e. The smallest absolute Gasteiger partial charge is 0.429 e. The number of benzene rings is 2. The molecule has 0 saturated heterocycles. The number of rotatable bonds is 7. The van der Waals surface area contributed by atoms with E-state index < -0.39 is 17.8 Å². The molecular weight excluding hydrogens is 512 g/mol. The number of hydrogen-bond donors (Lipinski definition) is 2. The molecule has 0 spiro atoms. The maximum absolute atomic E-state index is 13.9. The van der Waals surface area contributed by atoms with Gasteiger partial charge in [0.25, 0.3) is 11.6 Å². The molecule has 2 aromatic heterocycles. The summed E-state index contributed by atoms with van der Waals surface area (Å²) in [6.07, 6.45) is -0.206. The van der Waals surface area contributed by atoms with Gasteiger partial charge in [-0.15, -0.1) is 0 Å². The highest BCUT2D eigenvalue weighted by molar-refractivity contribution is 5.96. The third-order valence-electron chi connectivity index (χ3n) is 6.77. The lowest BCUT2D eigenvalue weighted by Gasteiger charge is -2.20. The van der Waals surface area contributed by atoms with Gasteiger partial charge in [-0.1, -0.05) is 18.2 Å². The molecule has 39 heavy (non-hydrogen) atoms. The van der Waals surface area contributed by atoms with Crippen molar-refractivity contribution in [3.8, 4) is 11.1 Å². The van der Waals surface area contributed by atoms with Crippen LogP contribution in [0.4, 0.5) is 17.6 Å². The Bertz CT molecular complexity index is 1600. The molecule has 6 nitrogen and oxygen atoms in total. The van der Waals surface area contributed by atoms with Gasteiger partial charge >= 0.3 is 6.18 Å². The van der Waals surface area contributed by atoms with E-state index in [-0.39, 0.29) is 46.7 Å². The Morgan fingerprint density at radius 3 is 2.59 bits per heavy atom. The SMILES string of the molecule is Cc1cn(Cc2cc(C(=O)NC(c3ccc(F)c(C)c3)C3CC3)cc(-c3cccnc3C(F)(F)F)c2)c(=N)o1. The molecule has 0 radical (unpaired) electrons. The fourth-order valence-electron chi connectivity index (χ4n) is 4.75. The molecule has 4 aromatic rings. The molecule has 1 amide bonds. The predicted octanol–water partition coefficient (Wildman–Crippen LogP) is 6.33. The topological polar surface area (TPSA) is 83.9 Å². The van der Waals surface area contributed by atoms with E-state index in [4.69, 9.17) is 9.83 Å². The van der Waals surface area contributed by atoms with Crippen LogP contribution < -0.4 is 11.0 Å². The summed E-state index contributed by atoms with van der Waals surface area (Å²) >= 11 is 0. The summed E-state index contributed by atoms with van der Waals surface area (Å²) in [6.45, 7) is 3.45. The minimum atomic E-state index is -4.70. The number of nitrogens with one attached hydrogen (secondary N) is 2. The molecule has 1 fully saturated rings. The summed E-state index contributed by atoms with van der Waals surface area (Å²) < 4.78 is 62.1. The number of halogens is 4. The molecule has 1 saturated carbocycles. The summed E-state index contributed by atoms with van der Waals surface area (Å²) in [5.74, 6) is -0.113. The summed E-state index contributed by atoms with van der Waals surface area (Å²) in [4.78, 5) is 17.1. The number of amides is 1. The summed E-state index contributed by atoms with van der Waals surface area (Å²) in [6, 6.07) is 11.6. The van der Waals surface area contributed by atoms with Crippen LogP contribution in [0.1, 0.15) is 57.4 Å². The lowest BCUT2D eigenvalue weighted by molar-refractivity contribution is -0.140. The van der Waals surface area contributed by atoms with E-state index in [2.05, 4.69) is 10.3 Å². The Balaban J connectivity index is 1.56. The number of hydrogen-bond acceptors (Lipinski definition) is 4. The molecule has 10 heteroatoms. The molecule has 1 aliphatic carbocycles. The number of carbonyl (C=O) groups excluding carboxylic acids is 1. The summed E-state index contributed by atoms with van der Waals surface area (Å²) in [5, 5.41) is 11.0. The van der Waals surface area contributed by atoms with Gasteiger partial charge in [0, 0.05) is 23.5 Å². The maximum Gasteiger partial charge on any atom is 0.433 e. The van der Waals surface area contributed by atoms with E-state index in [1.54, 1.807) is 44.3 Å². The fourth-order valence-corrected chi connectivity index (χ4v) is 4.75. The molecular formula is C29H26F4N4O2. The van der Waals surface area contributed by atoms with Crippen molar-refractivity contribution in [1.29, 1.82) is 5.41 Å². The standard InChI is InChI=1S/C29H26F4N4O2/c1-16-10-20(7-8-24(16)30)25(19-5-6-19)36-27(38)22-12-18(15-37-14-17(2)39-28(37)34)11-21(13-22)23-4-3-9-35-26(23)29(31,32)33/h3-4,7-14,19,25,34H,5-6,15H2,1-2H3,(H,36,38). The van der Waals surface area contributed by atoms with Crippen LogP contribution in [0, 0.1) is 31.0 Å². The van der Waals surface area contributed by atoms with Gasteiger partial charge in [-0.2, -0.15) is 13.2 Å². The van der Waals surface area contributed by atoms with Crippen molar-refractivity contribution in [1.82, 2.24) is 14.9 Å². The van der Waals surface area contributed by atoms with Gasteiger partial charge in [-0.25, -0.2) is 4.39 Å². The third kappa shape index (κ3) is 5.79. The van der Waals surface area contributed by atoms with Gasteiger partial charge in [-0.05, 0) is 85.2 Å². The largest absolute Gasteiger partial charge is 0.433 e. The van der Waals surface area contributed by atoms with E-state index in [1.807, 2.05) is 0 Å². The van der Waals surface area contributed by atoms with Crippen LogP contribution in [0.5, 0.6) is 0 Å². The highest BCUT2D eigenvalue weighted by Gasteiger charge is 2.36. The quantitative estimate of drug-likeness (QED) is 0.270. The molecule has 0 aliphatic heterocycles. The van der Waals surface area contributed by atoms with Crippen molar-refractivity contribution in [3.05, 3.63) is 106 Å². The first kappa shape index (κ1) is 26.4. The second kappa shape index (κ2) is 10.2. The minimum absolute atomic E-state index is 0.106. The second-order valence-electron chi connectivity index (χ2n) is 9.89. The number of alkyl halides is 3. The molecule has 202 valence electrons. The van der Waals surface area contributed by atoms with Crippen LogP contribution in [0.3, 0.4) is 0 Å². The number of carbonyl (C=O) groups is 1. The monoisotopic (exact) mass is 538 g/mol. The molecule has 2 aromatic carbocycles. The maximum atomic E-state index is 13.9. The van der Waals surface area contributed by atoms with Crippen molar-refractivity contribution < 1.29 is 26.8 Å². The van der Waals surface area contributed by atoms with Crippen LogP contribution in [0.2, 0.25) is 0 Å². The van der Waals surface area contributed by atoms with Crippen LogP contribution >= 0.6 is 0 Å². The molecule has 2 heterocycles. The zero-order valence-electron chi connectivity index (χ0n) is 21.3. The van der Waals surface area contributed by atoms with E-state index in [1.165, 1.54) is 28.8 Å². The van der Waals surface area contributed by atoms with Crippen LogP contribution in [-0.2, 0) is 12.7 Å². The fraction of sp³-hybridized carbons (Fsp3) is 0.276. The number of oxazole rings is 1. The Labute approximate surface area is 221 Å². The number of aryl methyl sites for hydroxylation is 2. The normalized spacial score (nSPS) is 14.3. The van der Waals surface area contributed by atoms with Gasteiger partial charge in [0.1, 0.15) is 11.6 Å². The Kier molecular flexibility index (Phi) is 6.88. The van der Waals surface area contributed by atoms with Gasteiger partial charge in [0.05, 0.1) is 12.6 Å². The van der Waals surface area contributed by atoms with E-state index in [9.17, 15) is 22.4 Å². The van der Waals surface area contributed by atoms with Crippen molar-refractivity contribution in [2.24, 2.45) is 5.92 Å². The first-order valence-corrected chi connectivity index (χ1v) is 12.4. The average Bonchev–Trinajstić information content (AvgIpc) is 3.68. The van der Waals surface area contributed by atoms with E-state index in [0.29, 0.717) is 16.9 Å². The van der Waals surface area contributed by atoms with Crippen molar-refractivity contribution in [2.75, 3.05) is 0 Å². The Morgan fingerprint density at radius 2 is 1.95 bits per heavy atom. The first-order valence-electron chi connectivity index (χ1n) is 12.4. The summed E-state index contributed by atoms with van der Waals surface area (Å²) in [7, 11) is 0. The number of aromatic nitrogens is 2. The van der Waals surface area contributed by atoms with Gasteiger partial charge < -0.3 is 9.73 Å². The third-order valence-corrected chi connectivity index (χ3v) is 6.77. The second-order valence-corrected chi connectivity index (χ2v) is 9.89. The Hall–Kier alpha value is -4.21. The number of pyridine rings is 1. The molecule has 5 rings (SSSR count). The Morgan fingerprint density at radius 1 is 1.18 bits per heavy atom. The van der Waals surface area contributed by atoms with Crippen molar-refractivity contribution in [2.45, 2.75) is 45.5 Å². The van der Waals surface area contributed by atoms with Gasteiger partial charge in [-0.3, -0.25) is 19.8 Å². The van der Waals surface area contributed by atoms with Gasteiger partial charge in [0.2, 0.25) is 0 Å². The van der Waals surface area contributed by atoms with Gasteiger partial charge in [0.15, 0.2) is 5.69 Å². The zero-order valence-corrected chi connectivity index (χ0v) is 21.3. The molecule has 0 bridgehead atoms. The van der Waals surface area contributed by atoms with Crippen molar-refractivity contribution >= 4 is 5.91 Å². The zero-order chi connectivity index (χ0) is 27.9. The molecule has 1 unspecified atom stereocenters. The lowest BCUT2D eigenvalue weighted by atomic mass is 9.96. The van der Waals surface area contributed by atoms with Crippen LogP contribution in [0.15, 0.2) is 65.3 Å².